The van der Waals surface area contributed by atoms with Gasteiger partial charge >= 0.3 is 0 Å². The van der Waals surface area contributed by atoms with E-state index in [-0.39, 0.29) is 0 Å². The standard InChI is InChI=1S/C16H20N4OS2/c1-5-6-7-13-19-12(20-21-13)8-22-15-14-9(2)10(3)23-16(14)18-11(4)17-15/h5-8H2,1-4H3. The molecule has 0 radical (unpaired) electrons. The number of rotatable bonds is 6. The molecule has 3 aromatic rings. The highest BCUT2D eigenvalue weighted by atomic mass is 32.2. The van der Waals surface area contributed by atoms with Gasteiger partial charge in [0.2, 0.25) is 5.89 Å². The number of unbranched alkanes of at least 4 members (excludes halogenated alkanes) is 1. The summed E-state index contributed by atoms with van der Waals surface area (Å²) in [5.41, 5.74) is 1.27. The first kappa shape index (κ1) is 16.4. The van der Waals surface area contributed by atoms with Crippen LogP contribution in [0, 0.1) is 20.8 Å². The molecule has 0 N–H and O–H groups in total. The minimum Gasteiger partial charge on any atom is -0.339 e. The molecule has 0 saturated heterocycles. The second-order valence-electron chi connectivity index (χ2n) is 5.54. The largest absolute Gasteiger partial charge is 0.339 e. The fraction of sp³-hybridized carbons (Fsp3) is 0.500. The Kier molecular flexibility index (Phi) is 4.96. The van der Waals surface area contributed by atoms with Gasteiger partial charge in [-0.15, -0.1) is 11.3 Å². The lowest BCUT2D eigenvalue weighted by Gasteiger charge is -2.03. The van der Waals surface area contributed by atoms with E-state index >= 15 is 0 Å². The molecular weight excluding hydrogens is 328 g/mol. The lowest BCUT2D eigenvalue weighted by atomic mass is 10.2. The fourth-order valence-corrected chi connectivity index (χ4v) is 4.44. The molecule has 0 fully saturated rings. The second-order valence-corrected chi connectivity index (χ2v) is 7.70. The topological polar surface area (TPSA) is 64.7 Å². The Morgan fingerprint density at radius 2 is 1.96 bits per heavy atom. The summed E-state index contributed by atoms with van der Waals surface area (Å²) in [6.45, 7) is 8.35. The Hall–Kier alpha value is -1.47. The summed E-state index contributed by atoms with van der Waals surface area (Å²) >= 11 is 3.38. The first-order chi connectivity index (χ1) is 11.1. The normalized spacial score (nSPS) is 11.5. The molecule has 0 saturated carbocycles. The van der Waals surface area contributed by atoms with Gasteiger partial charge in [0.1, 0.15) is 15.7 Å². The van der Waals surface area contributed by atoms with Crippen molar-refractivity contribution in [1.82, 2.24) is 20.1 Å². The second kappa shape index (κ2) is 6.97. The number of aromatic nitrogens is 4. The maximum Gasteiger partial charge on any atom is 0.226 e. The predicted molar refractivity (Wildman–Crippen MR) is 94.1 cm³/mol. The first-order valence-corrected chi connectivity index (χ1v) is 9.57. The Bertz CT molecular complexity index is 825. The minimum absolute atomic E-state index is 0.662. The van der Waals surface area contributed by atoms with Gasteiger partial charge in [-0.25, -0.2) is 9.97 Å². The zero-order valence-electron chi connectivity index (χ0n) is 13.8. The summed E-state index contributed by atoms with van der Waals surface area (Å²) < 4.78 is 5.29. The van der Waals surface area contributed by atoms with Gasteiger partial charge in [0.05, 0.1) is 5.75 Å². The number of aryl methyl sites for hydroxylation is 4. The van der Waals surface area contributed by atoms with Gasteiger partial charge in [-0.05, 0) is 32.8 Å². The molecule has 3 heterocycles. The zero-order valence-corrected chi connectivity index (χ0v) is 15.5. The molecule has 23 heavy (non-hydrogen) atoms. The van der Waals surface area contributed by atoms with E-state index in [2.05, 4.69) is 40.9 Å². The quantitative estimate of drug-likeness (QED) is 0.478. The lowest BCUT2D eigenvalue weighted by molar-refractivity contribution is 0.371. The minimum atomic E-state index is 0.662. The van der Waals surface area contributed by atoms with Gasteiger partial charge < -0.3 is 4.52 Å². The van der Waals surface area contributed by atoms with Crippen LogP contribution in [0.15, 0.2) is 9.55 Å². The van der Waals surface area contributed by atoms with E-state index in [9.17, 15) is 0 Å². The summed E-state index contributed by atoms with van der Waals surface area (Å²) in [6, 6.07) is 0. The molecule has 0 atom stereocenters. The van der Waals surface area contributed by atoms with Gasteiger partial charge in [-0.1, -0.05) is 30.3 Å². The molecule has 3 rings (SSSR count). The summed E-state index contributed by atoms with van der Waals surface area (Å²) in [4.78, 5) is 16.0. The lowest BCUT2D eigenvalue weighted by Crippen LogP contribution is -1.93. The number of fused-ring (bicyclic) bond motifs is 1. The van der Waals surface area contributed by atoms with Gasteiger partial charge in [0.15, 0.2) is 5.82 Å². The van der Waals surface area contributed by atoms with Crippen molar-refractivity contribution in [3.63, 3.8) is 0 Å². The van der Waals surface area contributed by atoms with E-state index < -0.39 is 0 Å². The maximum atomic E-state index is 5.29. The first-order valence-electron chi connectivity index (χ1n) is 7.77. The summed E-state index contributed by atoms with van der Waals surface area (Å²) in [7, 11) is 0. The molecule has 0 aliphatic carbocycles. The van der Waals surface area contributed by atoms with E-state index in [0.717, 1.165) is 52.0 Å². The van der Waals surface area contributed by atoms with Crippen LogP contribution in [0.3, 0.4) is 0 Å². The highest BCUT2D eigenvalue weighted by Crippen LogP contribution is 2.35. The van der Waals surface area contributed by atoms with Crippen molar-refractivity contribution in [3.8, 4) is 0 Å². The van der Waals surface area contributed by atoms with Crippen LogP contribution in [-0.4, -0.2) is 20.1 Å². The van der Waals surface area contributed by atoms with Crippen molar-refractivity contribution < 1.29 is 4.52 Å². The van der Waals surface area contributed by atoms with Crippen LogP contribution in [0.2, 0.25) is 0 Å². The zero-order chi connectivity index (χ0) is 16.4. The number of hydrogen-bond acceptors (Lipinski definition) is 7. The van der Waals surface area contributed by atoms with E-state index in [1.165, 1.54) is 10.4 Å². The third-order valence-electron chi connectivity index (χ3n) is 3.70. The fourth-order valence-electron chi connectivity index (χ4n) is 2.33. The maximum absolute atomic E-state index is 5.29. The Morgan fingerprint density at radius 3 is 2.74 bits per heavy atom. The Labute approximate surface area is 143 Å². The Balaban J connectivity index is 1.80. The highest BCUT2D eigenvalue weighted by molar-refractivity contribution is 7.98. The molecule has 7 heteroatoms. The predicted octanol–water partition coefficient (Wildman–Crippen LogP) is 4.63. The molecule has 0 spiro atoms. The van der Waals surface area contributed by atoms with E-state index in [1.807, 2.05) is 6.92 Å². The highest BCUT2D eigenvalue weighted by Gasteiger charge is 2.15. The van der Waals surface area contributed by atoms with Crippen molar-refractivity contribution in [3.05, 3.63) is 28.0 Å². The SMILES string of the molecule is CCCCc1nc(CSc2nc(C)nc3sc(C)c(C)c23)no1. The van der Waals surface area contributed by atoms with Crippen LogP contribution >= 0.6 is 23.1 Å². The monoisotopic (exact) mass is 348 g/mol. The van der Waals surface area contributed by atoms with Crippen LogP contribution < -0.4 is 0 Å². The third-order valence-corrected chi connectivity index (χ3v) is 5.77. The van der Waals surface area contributed by atoms with Crippen LogP contribution in [-0.2, 0) is 12.2 Å². The van der Waals surface area contributed by atoms with Crippen molar-refractivity contribution in [2.24, 2.45) is 0 Å². The summed E-state index contributed by atoms with van der Waals surface area (Å²) in [6.07, 6.45) is 3.06. The molecule has 0 amide bonds. The van der Waals surface area contributed by atoms with Crippen LogP contribution in [0.4, 0.5) is 0 Å². The number of nitrogens with zero attached hydrogens (tertiary/aromatic N) is 4. The van der Waals surface area contributed by atoms with Gasteiger partial charge in [-0.3, -0.25) is 0 Å². The van der Waals surface area contributed by atoms with E-state index in [4.69, 9.17) is 4.52 Å². The van der Waals surface area contributed by atoms with Crippen LogP contribution in [0.25, 0.3) is 10.2 Å². The molecule has 0 aromatic carbocycles. The van der Waals surface area contributed by atoms with Gasteiger partial charge in [-0.2, -0.15) is 4.98 Å². The van der Waals surface area contributed by atoms with Gasteiger partial charge in [0, 0.05) is 16.7 Å². The van der Waals surface area contributed by atoms with Crippen molar-refractivity contribution in [2.45, 2.75) is 57.7 Å². The number of thiophene rings is 1. The van der Waals surface area contributed by atoms with E-state index in [1.54, 1.807) is 23.1 Å². The Morgan fingerprint density at radius 1 is 1.13 bits per heavy atom. The molecule has 0 unspecified atom stereocenters. The van der Waals surface area contributed by atoms with E-state index in [0.29, 0.717) is 5.75 Å². The van der Waals surface area contributed by atoms with Crippen molar-refractivity contribution in [2.75, 3.05) is 0 Å². The molecule has 3 aromatic heterocycles. The van der Waals surface area contributed by atoms with Crippen molar-refractivity contribution in [1.29, 1.82) is 0 Å². The molecular formula is C16H20N4OS2. The third kappa shape index (κ3) is 3.55. The molecule has 0 bridgehead atoms. The van der Waals surface area contributed by atoms with Crippen LogP contribution in [0.5, 0.6) is 0 Å². The summed E-state index contributed by atoms with van der Waals surface area (Å²) in [5, 5.41) is 6.24. The molecule has 122 valence electrons. The summed E-state index contributed by atoms with van der Waals surface area (Å²) in [5.74, 6) is 2.93. The number of hydrogen-bond donors (Lipinski definition) is 0. The molecule has 5 nitrogen and oxygen atoms in total. The number of thioether (sulfide) groups is 1. The smallest absolute Gasteiger partial charge is 0.226 e. The molecule has 0 aliphatic rings. The van der Waals surface area contributed by atoms with Crippen LogP contribution in [0.1, 0.15) is 47.7 Å². The average Bonchev–Trinajstić information content (AvgIpc) is 3.08. The average molecular weight is 348 g/mol. The van der Waals surface area contributed by atoms with Crippen molar-refractivity contribution >= 4 is 33.3 Å². The van der Waals surface area contributed by atoms with Gasteiger partial charge in [0.25, 0.3) is 0 Å². The molecule has 0 aliphatic heterocycles.